The van der Waals surface area contributed by atoms with Crippen molar-refractivity contribution < 1.29 is 9.21 Å². The molecule has 6 nitrogen and oxygen atoms in total. The second-order valence-corrected chi connectivity index (χ2v) is 10.2. The highest BCUT2D eigenvalue weighted by molar-refractivity contribution is 8.00. The normalized spacial score (nSPS) is 14.4. The summed E-state index contributed by atoms with van der Waals surface area (Å²) in [4.78, 5) is 14.0. The average molecular weight is 453 g/mol. The van der Waals surface area contributed by atoms with E-state index in [-0.39, 0.29) is 5.91 Å². The van der Waals surface area contributed by atoms with Crippen molar-refractivity contribution in [2.45, 2.75) is 63.3 Å². The molecule has 2 aromatic heterocycles. The van der Waals surface area contributed by atoms with Crippen LogP contribution in [-0.2, 0) is 17.6 Å². The number of hydrogen-bond acceptors (Lipinski definition) is 7. The summed E-state index contributed by atoms with van der Waals surface area (Å²) in [5, 5.41) is 21.4. The molecular weight excluding hydrogens is 428 g/mol. The van der Waals surface area contributed by atoms with Crippen LogP contribution >= 0.6 is 23.1 Å². The van der Waals surface area contributed by atoms with Gasteiger partial charge in [-0.2, -0.15) is 5.26 Å². The highest BCUT2D eigenvalue weighted by atomic mass is 32.2. The van der Waals surface area contributed by atoms with Crippen molar-refractivity contribution in [3.05, 3.63) is 45.3 Å². The molecular formula is C23H24N4O2S2. The van der Waals surface area contributed by atoms with Crippen molar-refractivity contribution in [1.82, 2.24) is 10.2 Å². The van der Waals surface area contributed by atoms with E-state index in [1.807, 2.05) is 25.1 Å². The van der Waals surface area contributed by atoms with Crippen LogP contribution in [0, 0.1) is 25.2 Å². The number of carbonyl (C=O) groups excluding carboxylic acids is 1. The first kappa shape index (κ1) is 21.6. The van der Waals surface area contributed by atoms with E-state index >= 15 is 0 Å². The summed E-state index contributed by atoms with van der Waals surface area (Å²) in [6.45, 7) is 5.89. The van der Waals surface area contributed by atoms with Gasteiger partial charge in [0.2, 0.25) is 11.8 Å². The number of anilines is 1. The molecule has 0 radical (unpaired) electrons. The number of aryl methyl sites for hydroxylation is 3. The Kier molecular flexibility index (Phi) is 6.44. The van der Waals surface area contributed by atoms with Gasteiger partial charge in [0.05, 0.1) is 10.8 Å². The van der Waals surface area contributed by atoms with Crippen LogP contribution < -0.4 is 5.32 Å². The fraction of sp³-hybridized carbons (Fsp3) is 0.391. The third-order valence-electron chi connectivity index (χ3n) is 5.58. The van der Waals surface area contributed by atoms with Crippen molar-refractivity contribution in [2.24, 2.45) is 0 Å². The van der Waals surface area contributed by atoms with Gasteiger partial charge in [-0.05, 0) is 75.3 Å². The molecule has 0 saturated heterocycles. The Balaban J connectivity index is 1.45. The minimum Gasteiger partial charge on any atom is -0.411 e. The highest BCUT2D eigenvalue weighted by Crippen LogP contribution is 2.37. The van der Waals surface area contributed by atoms with Crippen molar-refractivity contribution >= 4 is 34.0 Å². The van der Waals surface area contributed by atoms with Gasteiger partial charge in [-0.1, -0.05) is 24.2 Å². The summed E-state index contributed by atoms with van der Waals surface area (Å²) >= 11 is 2.76. The standard InChI is InChI=1S/C23H24N4O2S2/c1-13-9-10-16(11-14(13)2)21-26-27-23(29-21)30-15(3)20(28)25-22-18(12-24)17-7-5-4-6-8-19(17)31-22/h9-11,15H,4-8H2,1-3H3,(H,25,28). The lowest BCUT2D eigenvalue weighted by atomic mass is 10.1. The van der Waals surface area contributed by atoms with Gasteiger partial charge in [0.25, 0.3) is 5.22 Å². The van der Waals surface area contributed by atoms with Crippen LogP contribution in [0.25, 0.3) is 11.5 Å². The maximum Gasteiger partial charge on any atom is 0.277 e. The largest absolute Gasteiger partial charge is 0.411 e. The molecule has 1 aliphatic rings. The number of nitrogens with zero attached hydrogens (tertiary/aromatic N) is 3. The molecule has 0 aliphatic heterocycles. The second-order valence-electron chi connectivity index (χ2n) is 7.80. The third kappa shape index (κ3) is 4.68. The number of aromatic nitrogens is 2. The molecule has 1 N–H and O–H groups in total. The molecule has 0 fully saturated rings. The van der Waals surface area contributed by atoms with Gasteiger partial charge in [0.15, 0.2) is 0 Å². The maximum absolute atomic E-state index is 12.8. The highest BCUT2D eigenvalue weighted by Gasteiger charge is 2.24. The number of hydrogen-bond donors (Lipinski definition) is 1. The third-order valence-corrected chi connectivity index (χ3v) is 7.72. The van der Waals surface area contributed by atoms with Gasteiger partial charge in [-0.25, -0.2) is 0 Å². The molecule has 0 saturated carbocycles. The molecule has 1 aromatic carbocycles. The molecule has 1 amide bonds. The lowest BCUT2D eigenvalue weighted by Gasteiger charge is -2.09. The minimum atomic E-state index is -0.443. The monoisotopic (exact) mass is 452 g/mol. The molecule has 2 heterocycles. The Hall–Kier alpha value is -2.63. The number of rotatable bonds is 5. The van der Waals surface area contributed by atoms with Gasteiger partial charge in [0, 0.05) is 10.4 Å². The SMILES string of the molecule is Cc1ccc(-c2nnc(SC(C)C(=O)Nc3sc4c(c3C#N)CCCCC4)o2)cc1C. The van der Waals surface area contributed by atoms with Crippen LogP contribution in [0.2, 0.25) is 0 Å². The van der Waals surface area contributed by atoms with E-state index in [0.29, 0.717) is 21.7 Å². The van der Waals surface area contributed by atoms with E-state index in [2.05, 4.69) is 28.5 Å². The number of carbonyl (C=O) groups is 1. The molecule has 1 atom stereocenters. The topological polar surface area (TPSA) is 91.8 Å². The predicted molar refractivity (Wildman–Crippen MR) is 123 cm³/mol. The van der Waals surface area contributed by atoms with E-state index < -0.39 is 5.25 Å². The quantitative estimate of drug-likeness (QED) is 0.396. The molecule has 0 bridgehead atoms. The Morgan fingerprint density at radius 3 is 2.81 bits per heavy atom. The van der Waals surface area contributed by atoms with E-state index in [0.717, 1.165) is 42.4 Å². The molecule has 160 valence electrons. The zero-order chi connectivity index (χ0) is 22.0. The molecule has 8 heteroatoms. The van der Waals surface area contributed by atoms with Gasteiger partial charge in [-0.15, -0.1) is 21.5 Å². The summed E-state index contributed by atoms with van der Waals surface area (Å²) in [5.41, 5.74) is 4.96. The molecule has 1 unspecified atom stereocenters. The molecule has 1 aliphatic carbocycles. The number of nitrogens with one attached hydrogen (secondary N) is 1. The number of benzene rings is 1. The number of nitriles is 1. The Morgan fingerprint density at radius 2 is 2.03 bits per heavy atom. The Morgan fingerprint density at radius 1 is 1.23 bits per heavy atom. The minimum absolute atomic E-state index is 0.177. The summed E-state index contributed by atoms with van der Waals surface area (Å²) in [7, 11) is 0. The summed E-state index contributed by atoms with van der Waals surface area (Å²) < 4.78 is 5.77. The smallest absolute Gasteiger partial charge is 0.277 e. The average Bonchev–Trinajstić information content (AvgIpc) is 3.27. The first-order valence-electron chi connectivity index (χ1n) is 10.4. The van der Waals surface area contributed by atoms with Crippen LogP contribution in [0.3, 0.4) is 0 Å². The van der Waals surface area contributed by atoms with E-state index in [1.165, 1.54) is 28.6 Å². The van der Waals surface area contributed by atoms with Gasteiger partial charge in [0.1, 0.15) is 11.1 Å². The van der Waals surface area contributed by atoms with E-state index in [4.69, 9.17) is 4.42 Å². The fourth-order valence-electron chi connectivity index (χ4n) is 3.62. The number of thioether (sulfide) groups is 1. The predicted octanol–water partition coefficient (Wildman–Crippen LogP) is 5.67. The lowest BCUT2D eigenvalue weighted by Crippen LogP contribution is -2.22. The first-order chi connectivity index (χ1) is 15.0. The Bertz CT molecular complexity index is 1160. The maximum atomic E-state index is 12.8. The van der Waals surface area contributed by atoms with Crippen molar-refractivity contribution in [1.29, 1.82) is 5.26 Å². The van der Waals surface area contributed by atoms with E-state index in [9.17, 15) is 10.1 Å². The van der Waals surface area contributed by atoms with Gasteiger partial charge >= 0.3 is 0 Å². The van der Waals surface area contributed by atoms with Crippen LogP contribution in [0.15, 0.2) is 27.8 Å². The molecule has 31 heavy (non-hydrogen) atoms. The zero-order valence-corrected chi connectivity index (χ0v) is 19.5. The van der Waals surface area contributed by atoms with Crippen molar-refractivity contribution in [3.8, 4) is 17.5 Å². The number of thiophene rings is 1. The summed E-state index contributed by atoms with van der Waals surface area (Å²) in [6.07, 6.45) is 5.32. The molecule has 0 spiro atoms. The summed E-state index contributed by atoms with van der Waals surface area (Å²) in [5.74, 6) is 0.260. The second kappa shape index (κ2) is 9.25. The van der Waals surface area contributed by atoms with Crippen LogP contribution in [0.1, 0.15) is 53.3 Å². The number of fused-ring (bicyclic) bond motifs is 1. The van der Waals surface area contributed by atoms with Crippen LogP contribution in [-0.4, -0.2) is 21.4 Å². The summed E-state index contributed by atoms with van der Waals surface area (Å²) in [6, 6.07) is 8.29. The first-order valence-corrected chi connectivity index (χ1v) is 12.1. The van der Waals surface area contributed by atoms with Gasteiger partial charge < -0.3 is 9.73 Å². The molecule has 3 aromatic rings. The fourth-order valence-corrected chi connectivity index (χ4v) is 5.54. The van der Waals surface area contributed by atoms with Crippen LogP contribution in [0.5, 0.6) is 0 Å². The Labute approximate surface area is 190 Å². The zero-order valence-electron chi connectivity index (χ0n) is 17.8. The van der Waals surface area contributed by atoms with Crippen LogP contribution in [0.4, 0.5) is 5.00 Å². The molecule has 4 rings (SSSR count). The lowest BCUT2D eigenvalue weighted by molar-refractivity contribution is -0.115. The van der Waals surface area contributed by atoms with Gasteiger partial charge in [-0.3, -0.25) is 4.79 Å². The van der Waals surface area contributed by atoms with Crippen molar-refractivity contribution in [2.75, 3.05) is 5.32 Å². The number of amides is 1. The van der Waals surface area contributed by atoms with E-state index in [1.54, 1.807) is 18.3 Å². The van der Waals surface area contributed by atoms with Crippen molar-refractivity contribution in [3.63, 3.8) is 0 Å².